The van der Waals surface area contributed by atoms with Gasteiger partial charge in [-0.2, -0.15) is 13.2 Å². The molecule has 2 rings (SSSR count). The summed E-state index contributed by atoms with van der Waals surface area (Å²) in [4.78, 5) is 21.6. The number of halogens is 3. The maximum Gasteiger partial charge on any atom is 0.454 e. The van der Waals surface area contributed by atoms with Crippen molar-refractivity contribution >= 4 is 11.8 Å². The van der Waals surface area contributed by atoms with Crippen LogP contribution in [0.4, 0.5) is 13.2 Å². The van der Waals surface area contributed by atoms with Crippen molar-refractivity contribution in [3.8, 4) is 0 Å². The van der Waals surface area contributed by atoms with E-state index in [4.69, 9.17) is 5.11 Å². The minimum Gasteiger partial charge on any atom is -0.481 e. The Morgan fingerprint density at radius 2 is 1.67 bits per heavy atom. The van der Waals surface area contributed by atoms with Gasteiger partial charge in [0.25, 0.3) is 5.78 Å². The summed E-state index contributed by atoms with van der Waals surface area (Å²) in [5.74, 6) is -2.05. The fourth-order valence-electron chi connectivity index (χ4n) is 3.08. The number of carbonyl (C=O) groups excluding carboxylic acids is 1. The van der Waals surface area contributed by atoms with Crippen molar-refractivity contribution in [3.05, 3.63) is 47.5 Å². The van der Waals surface area contributed by atoms with E-state index in [9.17, 15) is 22.8 Å². The predicted octanol–water partition coefficient (Wildman–Crippen LogP) is 4.74. The lowest BCUT2D eigenvalue weighted by molar-refractivity contribution is -0.136. The molecule has 3 nitrogen and oxygen atoms in total. The second-order valence-electron chi connectivity index (χ2n) is 6.09. The average Bonchev–Trinajstić information content (AvgIpc) is 2.54. The molecule has 1 N–H and O–H groups in total. The van der Waals surface area contributed by atoms with Crippen LogP contribution >= 0.6 is 0 Å². The third-order valence-corrected chi connectivity index (χ3v) is 4.37. The summed E-state index contributed by atoms with van der Waals surface area (Å²) in [6.07, 6.45) is 2.42. The highest BCUT2D eigenvalue weighted by Gasteiger charge is 2.39. The molecule has 0 heterocycles. The van der Waals surface area contributed by atoms with Gasteiger partial charge in [0.2, 0.25) is 0 Å². The second kappa shape index (κ2) is 7.64. The Hall–Kier alpha value is -2.11. The van der Waals surface area contributed by atoms with E-state index in [1.54, 1.807) is 18.2 Å². The standard InChI is InChI=1S/C18H19F3O3/c19-18(20,21)17(24)15-10-8-14(9-11-15)13-6-4-12(5-7-13)2-1-3-16(22)23/h1-2,8-13H,3-7H2,(H,22,23). The minimum absolute atomic E-state index is 0.0224. The molecule has 1 aromatic rings. The maximum absolute atomic E-state index is 12.4. The fraction of sp³-hybridized carbons (Fsp3) is 0.444. The van der Waals surface area contributed by atoms with Crippen LogP contribution in [0.1, 0.15) is 53.9 Å². The number of alkyl halides is 3. The van der Waals surface area contributed by atoms with Crippen LogP contribution in [0, 0.1) is 5.92 Å². The van der Waals surface area contributed by atoms with Gasteiger partial charge in [-0.1, -0.05) is 36.4 Å². The molecule has 1 fully saturated rings. The molecule has 0 aliphatic heterocycles. The molecule has 0 unspecified atom stereocenters. The van der Waals surface area contributed by atoms with Crippen LogP contribution in [0.3, 0.4) is 0 Å². The molecule has 0 radical (unpaired) electrons. The molecule has 6 heteroatoms. The monoisotopic (exact) mass is 340 g/mol. The zero-order chi connectivity index (χ0) is 17.7. The molecule has 1 aromatic carbocycles. The highest BCUT2D eigenvalue weighted by Crippen LogP contribution is 2.36. The van der Waals surface area contributed by atoms with Gasteiger partial charge in [-0.05, 0) is 43.1 Å². The molecular weight excluding hydrogens is 321 g/mol. The number of hydrogen-bond donors (Lipinski definition) is 1. The molecular formula is C18H19F3O3. The lowest BCUT2D eigenvalue weighted by atomic mass is 9.78. The van der Waals surface area contributed by atoms with Crippen molar-refractivity contribution in [2.45, 2.75) is 44.2 Å². The average molecular weight is 340 g/mol. The molecule has 0 aromatic heterocycles. The third-order valence-electron chi connectivity index (χ3n) is 4.37. The van der Waals surface area contributed by atoms with Crippen LogP contribution in [0.5, 0.6) is 0 Å². The number of carboxylic acids is 1. The molecule has 1 saturated carbocycles. The Kier molecular flexibility index (Phi) is 5.80. The molecule has 24 heavy (non-hydrogen) atoms. The van der Waals surface area contributed by atoms with E-state index < -0.39 is 17.9 Å². The fourth-order valence-corrected chi connectivity index (χ4v) is 3.08. The molecule has 1 aliphatic rings. The smallest absolute Gasteiger partial charge is 0.454 e. The van der Waals surface area contributed by atoms with E-state index in [1.165, 1.54) is 12.1 Å². The lowest BCUT2D eigenvalue weighted by Crippen LogP contribution is -2.22. The van der Waals surface area contributed by atoms with E-state index in [-0.39, 0.29) is 17.9 Å². The van der Waals surface area contributed by atoms with Crippen LogP contribution in [0.25, 0.3) is 0 Å². The van der Waals surface area contributed by atoms with Crippen LogP contribution in [-0.2, 0) is 4.79 Å². The highest BCUT2D eigenvalue weighted by molar-refractivity contribution is 6.00. The van der Waals surface area contributed by atoms with E-state index in [2.05, 4.69) is 0 Å². The Labute approximate surface area is 138 Å². The largest absolute Gasteiger partial charge is 0.481 e. The first-order valence-corrected chi connectivity index (χ1v) is 7.87. The van der Waals surface area contributed by atoms with Crippen molar-refractivity contribution in [1.29, 1.82) is 0 Å². The number of allylic oxidation sites excluding steroid dienone is 1. The lowest BCUT2D eigenvalue weighted by Gasteiger charge is -2.27. The number of carboxylic acid groups (broad SMARTS) is 1. The van der Waals surface area contributed by atoms with Gasteiger partial charge in [0.05, 0.1) is 6.42 Å². The number of carbonyl (C=O) groups is 2. The van der Waals surface area contributed by atoms with Crippen LogP contribution < -0.4 is 0 Å². The van der Waals surface area contributed by atoms with E-state index >= 15 is 0 Å². The van der Waals surface area contributed by atoms with Crippen molar-refractivity contribution in [2.24, 2.45) is 5.92 Å². The topological polar surface area (TPSA) is 54.4 Å². The first-order chi connectivity index (χ1) is 11.3. The Balaban J connectivity index is 1.91. The summed E-state index contributed by atoms with van der Waals surface area (Å²) in [6, 6.07) is 5.68. The SMILES string of the molecule is O=C(O)CC=CC1CCC(c2ccc(C(=O)C(F)(F)F)cc2)CC1. The molecule has 0 amide bonds. The van der Waals surface area contributed by atoms with E-state index in [0.717, 1.165) is 31.2 Å². The summed E-state index contributed by atoms with van der Waals surface area (Å²) >= 11 is 0. The third kappa shape index (κ3) is 4.94. The van der Waals surface area contributed by atoms with Gasteiger partial charge < -0.3 is 5.11 Å². The molecule has 0 bridgehead atoms. The number of Topliss-reactive ketones (excluding diaryl/α,β-unsaturated/α-hetero) is 1. The number of aliphatic carboxylic acids is 1. The van der Waals surface area contributed by atoms with Gasteiger partial charge >= 0.3 is 12.1 Å². The van der Waals surface area contributed by atoms with Crippen molar-refractivity contribution < 1.29 is 27.9 Å². The van der Waals surface area contributed by atoms with E-state index in [0.29, 0.717) is 5.92 Å². The minimum atomic E-state index is -4.85. The Morgan fingerprint density at radius 3 is 2.17 bits per heavy atom. The zero-order valence-corrected chi connectivity index (χ0v) is 13.1. The summed E-state index contributed by atoms with van der Waals surface area (Å²) < 4.78 is 37.2. The Morgan fingerprint density at radius 1 is 1.08 bits per heavy atom. The quantitative estimate of drug-likeness (QED) is 0.622. The summed E-state index contributed by atoms with van der Waals surface area (Å²) in [7, 11) is 0. The number of ketones is 1. The number of benzene rings is 1. The van der Waals surface area contributed by atoms with E-state index in [1.807, 2.05) is 6.08 Å². The number of rotatable bonds is 5. The van der Waals surface area contributed by atoms with Crippen molar-refractivity contribution in [3.63, 3.8) is 0 Å². The summed E-state index contributed by atoms with van der Waals surface area (Å²) in [5, 5.41) is 8.60. The molecule has 130 valence electrons. The van der Waals surface area contributed by atoms with Gasteiger partial charge in [-0.3, -0.25) is 9.59 Å². The van der Waals surface area contributed by atoms with Gasteiger partial charge in [-0.25, -0.2) is 0 Å². The first-order valence-electron chi connectivity index (χ1n) is 7.87. The van der Waals surface area contributed by atoms with Gasteiger partial charge in [0.15, 0.2) is 0 Å². The second-order valence-corrected chi connectivity index (χ2v) is 6.09. The molecule has 0 spiro atoms. The van der Waals surface area contributed by atoms with Crippen molar-refractivity contribution in [2.75, 3.05) is 0 Å². The van der Waals surface area contributed by atoms with Gasteiger partial charge in [-0.15, -0.1) is 0 Å². The summed E-state index contributed by atoms with van der Waals surface area (Å²) in [5.41, 5.74) is 0.609. The number of hydrogen-bond acceptors (Lipinski definition) is 2. The van der Waals surface area contributed by atoms with Gasteiger partial charge in [0, 0.05) is 5.56 Å². The van der Waals surface area contributed by atoms with Crippen LogP contribution in [0.15, 0.2) is 36.4 Å². The van der Waals surface area contributed by atoms with Crippen LogP contribution in [0.2, 0.25) is 0 Å². The molecule has 0 atom stereocenters. The highest BCUT2D eigenvalue weighted by atomic mass is 19.4. The van der Waals surface area contributed by atoms with Crippen LogP contribution in [-0.4, -0.2) is 23.0 Å². The zero-order valence-electron chi connectivity index (χ0n) is 13.1. The normalized spacial score (nSPS) is 21.8. The predicted molar refractivity (Wildman–Crippen MR) is 82.9 cm³/mol. The maximum atomic E-state index is 12.4. The summed E-state index contributed by atoms with van der Waals surface area (Å²) in [6.45, 7) is 0. The van der Waals surface area contributed by atoms with Gasteiger partial charge in [0.1, 0.15) is 0 Å². The molecule has 1 aliphatic carbocycles. The Bertz CT molecular complexity index is 609. The van der Waals surface area contributed by atoms with Crippen molar-refractivity contribution in [1.82, 2.24) is 0 Å². The molecule has 0 saturated heterocycles. The first kappa shape index (κ1) is 18.2.